The number of aromatic nitrogens is 3. The van der Waals surface area contributed by atoms with Gasteiger partial charge in [0.25, 0.3) is 0 Å². The normalized spacial score (nSPS) is 11.3. The van der Waals surface area contributed by atoms with Crippen LogP contribution in [0.3, 0.4) is 0 Å². The van der Waals surface area contributed by atoms with Crippen LogP contribution in [-0.2, 0) is 0 Å². The number of fused-ring (bicyclic) bond motifs is 3. The van der Waals surface area contributed by atoms with Crippen molar-refractivity contribution in [1.29, 1.82) is 0 Å². The van der Waals surface area contributed by atoms with Gasteiger partial charge in [0.05, 0.1) is 5.02 Å². The number of benzene rings is 5. The lowest BCUT2D eigenvalue weighted by Gasteiger charge is -2.12. The number of thiophene rings is 1. The van der Waals surface area contributed by atoms with Crippen LogP contribution in [0, 0.1) is 0 Å². The van der Waals surface area contributed by atoms with Crippen LogP contribution in [0.5, 0.6) is 0 Å². The molecule has 180 valence electrons. The number of nitrogens with zero attached hydrogens (tertiary/aromatic N) is 3. The van der Waals surface area contributed by atoms with Gasteiger partial charge in [-0.05, 0) is 35.4 Å². The molecule has 0 saturated heterocycles. The lowest BCUT2D eigenvalue weighted by atomic mass is 9.99. The molecule has 0 aliphatic rings. The maximum Gasteiger partial charge on any atom is 0.165 e. The minimum Gasteiger partial charge on any atom is -0.208 e. The molecule has 7 aromatic rings. The Morgan fingerprint density at radius 3 is 1.79 bits per heavy atom. The molecule has 0 spiro atoms. The van der Waals surface area contributed by atoms with E-state index in [4.69, 9.17) is 26.6 Å². The molecule has 0 unspecified atom stereocenters. The van der Waals surface area contributed by atoms with Crippen LogP contribution in [0.2, 0.25) is 5.02 Å². The zero-order chi connectivity index (χ0) is 25.5. The Labute approximate surface area is 229 Å². The van der Waals surface area contributed by atoms with Gasteiger partial charge in [-0.2, -0.15) is 0 Å². The molecule has 38 heavy (non-hydrogen) atoms. The van der Waals surface area contributed by atoms with Crippen molar-refractivity contribution in [3.63, 3.8) is 0 Å². The second-order valence-corrected chi connectivity index (χ2v) is 10.4. The molecule has 0 atom stereocenters. The Hall–Kier alpha value is -4.38. The van der Waals surface area contributed by atoms with Crippen molar-refractivity contribution in [1.82, 2.24) is 15.0 Å². The first-order valence-electron chi connectivity index (χ1n) is 12.3. The highest BCUT2D eigenvalue weighted by Crippen LogP contribution is 2.40. The van der Waals surface area contributed by atoms with Crippen molar-refractivity contribution in [3.05, 3.63) is 126 Å². The Bertz CT molecular complexity index is 1950. The summed E-state index contributed by atoms with van der Waals surface area (Å²) in [6, 6.07) is 41.1. The van der Waals surface area contributed by atoms with E-state index in [1.54, 1.807) is 11.3 Å². The van der Waals surface area contributed by atoms with Crippen molar-refractivity contribution in [2.75, 3.05) is 0 Å². The standard InChI is InChI=1S/C33H20ClN3S/c34-28-19-8-6-16-26(28)32-35-31(25-15-5-4-13-22(25)21-11-2-1-3-12-21)36-33(37-32)27-18-10-17-24-23-14-7-9-20-29(23)38-30(24)27/h1-20H. The second-order valence-electron chi connectivity index (χ2n) is 8.98. The molecule has 2 aromatic heterocycles. The first-order valence-corrected chi connectivity index (χ1v) is 13.5. The third-order valence-electron chi connectivity index (χ3n) is 6.65. The van der Waals surface area contributed by atoms with Gasteiger partial charge < -0.3 is 0 Å². The van der Waals surface area contributed by atoms with Crippen molar-refractivity contribution < 1.29 is 0 Å². The van der Waals surface area contributed by atoms with Gasteiger partial charge in [0, 0.05) is 36.9 Å². The molecule has 0 aliphatic heterocycles. The van der Waals surface area contributed by atoms with Gasteiger partial charge >= 0.3 is 0 Å². The van der Waals surface area contributed by atoms with Gasteiger partial charge in [-0.1, -0.05) is 109 Å². The van der Waals surface area contributed by atoms with Gasteiger partial charge in [-0.25, -0.2) is 15.0 Å². The molecule has 5 heteroatoms. The Morgan fingerprint density at radius 1 is 0.447 bits per heavy atom. The second kappa shape index (κ2) is 9.49. The quantitative estimate of drug-likeness (QED) is 0.229. The molecule has 7 rings (SSSR count). The van der Waals surface area contributed by atoms with Crippen LogP contribution in [0.4, 0.5) is 0 Å². The van der Waals surface area contributed by atoms with Crippen molar-refractivity contribution in [2.45, 2.75) is 0 Å². The van der Waals surface area contributed by atoms with Crippen LogP contribution in [0.25, 0.3) is 65.5 Å². The summed E-state index contributed by atoms with van der Waals surface area (Å²) < 4.78 is 2.40. The third kappa shape index (κ3) is 3.95. The van der Waals surface area contributed by atoms with Crippen molar-refractivity contribution >= 4 is 43.1 Å². The minimum absolute atomic E-state index is 0.552. The Morgan fingerprint density at radius 2 is 1.00 bits per heavy atom. The molecule has 0 aliphatic carbocycles. The fourth-order valence-corrected chi connectivity index (χ4v) is 6.28. The summed E-state index contributed by atoms with van der Waals surface area (Å²) in [5.41, 5.74) is 4.88. The topological polar surface area (TPSA) is 38.7 Å². The lowest BCUT2D eigenvalue weighted by Crippen LogP contribution is -2.01. The van der Waals surface area contributed by atoms with E-state index in [9.17, 15) is 0 Å². The number of hydrogen-bond donors (Lipinski definition) is 0. The van der Waals surface area contributed by atoms with Crippen LogP contribution >= 0.6 is 22.9 Å². The van der Waals surface area contributed by atoms with Crippen molar-refractivity contribution in [3.8, 4) is 45.3 Å². The molecule has 2 heterocycles. The minimum atomic E-state index is 0.552. The van der Waals surface area contributed by atoms with Gasteiger partial charge in [0.1, 0.15) is 0 Å². The molecular formula is C33H20ClN3S. The summed E-state index contributed by atoms with van der Waals surface area (Å²) in [7, 11) is 0. The number of halogens is 1. The smallest absolute Gasteiger partial charge is 0.165 e. The molecule has 3 nitrogen and oxygen atoms in total. The molecule has 5 aromatic carbocycles. The average Bonchev–Trinajstić information content (AvgIpc) is 3.37. The molecule has 0 N–H and O–H groups in total. The van der Waals surface area contributed by atoms with E-state index in [2.05, 4.69) is 66.7 Å². The molecule has 0 saturated carbocycles. The number of rotatable bonds is 4. The summed E-state index contributed by atoms with van der Waals surface area (Å²) in [4.78, 5) is 15.0. The fraction of sp³-hybridized carbons (Fsp3) is 0. The molecule has 0 radical (unpaired) electrons. The van der Waals surface area contributed by atoms with Crippen LogP contribution in [-0.4, -0.2) is 15.0 Å². The SMILES string of the molecule is Clc1ccccc1-c1nc(-c2ccccc2-c2ccccc2)nc(-c2cccc3c2sc2ccccc23)n1. The van der Waals surface area contributed by atoms with Gasteiger partial charge in [0.2, 0.25) is 0 Å². The first-order chi connectivity index (χ1) is 18.8. The van der Waals surface area contributed by atoms with E-state index < -0.39 is 0 Å². The highest BCUT2D eigenvalue weighted by molar-refractivity contribution is 7.26. The van der Waals surface area contributed by atoms with E-state index in [1.807, 2.05) is 54.6 Å². The Kier molecular flexibility index (Phi) is 5.69. The largest absolute Gasteiger partial charge is 0.208 e. The maximum absolute atomic E-state index is 6.63. The Balaban J connectivity index is 1.51. The fourth-order valence-electron chi connectivity index (χ4n) is 4.85. The monoisotopic (exact) mass is 525 g/mol. The predicted molar refractivity (Wildman–Crippen MR) is 159 cm³/mol. The first kappa shape index (κ1) is 22.8. The summed E-state index contributed by atoms with van der Waals surface area (Å²) in [5.74, 6) is 1.80. The summed E-state index contributed by atoms with van der Waals surface area (Å²) in [6.45, 7) is 0. The molecule has 0 bridgehead atoms. The van der Waals surface area contributed by atoms with E-state index >= 15 is 0 Å². The summed E-state index contributed by atoms with van der Waals surface area (Å²) >= 11 is 8.40. The highest BCUT2D eigenvalue weighted by atomic mass is 35.5. The van der Waals surface area contributed by atoms with E-state index in [1.165, 1.54) is 15.5 Å². The maximum atomic E-state index is 6.63. The zero-order valence-corrected chi connectivity index (χ0v) is 21.7. The highest BCUT2D eigenvalue weighted by Gasteiger charge is 2.19. The van der Waals surface area contributed by atoms with Crippen LogP contribution < -0.4 is 0 Å². The van der Waals surface area contributed by atoms with E-state index in [-0.39, 0.29) is 0 Å². The van der Waals surface area contributed by atoms with Gasteiger partial charge in [-0.15, -0.1) is 11.3 Å². The van der Waals surface area contributed by atoms with E-state index in [0.29, 0.717) is 22.5 Å². The molecular weight excluding hydrogens is 506 g/mol. The van der Waals surface area contributed by atoms with Crippen LogP contribution in [0.1, 0.15) is 0 Å². The van der Waals surface area contributed by atoms with Gasteiger partial charge in [-0.3, -0.25) is 0 Å². The molecule has 0 amide bonds. The van der Waals surface area contributed by atoms with Crippen LogP contribution in [0.15, 0.2) is 121 Å². The van der Waals surface area contributed by atoms with Crippen molar-refractivity contribution in [2.24, 2.45) is 0 Å². The third-order valence-corrected chi connectivity index (χ3v) is 8.20. The lowest BCUT2D eigenvalue weighted by molar-refractivity contribution is 1.08. The van der Waals surface area contributed by atoms with E-state index in [0.717, 1.165) is 32.5 Å². The van der Waals surface area contributed by atoms with Gasteiger partial charge in [0.15, 0.2) is 17.5 Å². The molecule has 0 fully saturated rings. The summed E-state index contributed by atoms with van der Waals surface area (Å²) in [5, 5.41) is 3.05. The predicted octanol–water partition coefficient (Wildman–Crippen LogP) is 9.56. The average molecular weight is 526 g/mol. The number of hydrogen-bond acceptors (Lipinski definition) is 4. The summed E-state index contributed by atoms with van der Waals surface area (Å²) in [6.07, 6.45) is 0. The zero-order valence-electron chi connectivity index (χ0n) is 20.2.